The van der Waals surface area contributed by atoms with E-state index in [2.05, 4.69) is 82.2 Å². The van der Waals surface area contributed by atoms with E-state index >= 15 is 0 Å². The van der Waals surface area contributed by atoms with Crippen LogP contribution in [0.4, 0.5) is 0 Å². The van der Waals surface area contributed by atoms with E-state index in [1.165, 1.54) is 27.6 Å². The van der Waals surface area contributed by atoms with Gasteiger partial charge in [-0.3, -0.25) is 9.67 Å². The first-order chi connectivity index (χ1) is 13.5. The number of aromatic nitrogens is 3. The molecule has 0 saturated heterocycles. The van der Waals surface area contributed by atoms with Crippen molar-refractivity contribution in [1.82, 2.24) is 30.3 Å². The number of nitrogens with one attached hydrogen (secondary N) is 3. The van der Waals surface area contributed by atoms with Gasteiger partial charge in [-0.2, -0.15) is 5.10 Å². The molecule has 0 bridgehead atoms. The summed E-state index contributed by atoms with van der Waals surface area (Å²) in [5, 5.41) is 12.5. The second kappa shape index (κ2) is 10.6. The van der Waals surface area contributed by atoms with Crippen LogP contribution >= 0.6 is 24.0 Å². The second-order valence-corrected chi connectivity index (χ2v) is 7.37. The smallest absolute Gasteiger partial charge is 0.191 e. The topological polar surface area (TPSA) is 73.3 Å². The molecule has 158 valence electrons. The number of aryl methyl sites for hydroxylation is 2. The molecule has 0 spiro atoms. The number of hydrogen-bond acceptors (Lipinski definition) is 3. The number of benzene rings is 1. The number of guanidine groups is 1. The summed E-state index contributed by atoms with van der Waals surface area (Å²) in [4.78, 5) is 9.94. The van der Waals surface area contributed by atoms with Crippen LogP contribution in [0.15, 0.2) is 41.8 Å². The standard InChI is InChI=1S/C21H31N7.HI/c1-15-7-6-8-18-16(11-24-20(15)18)9-10-23-21(22-2)25-13-19(27(3)4)17-12-26-28(5)14-17;/h6-8,11-12,14,19,24H,9-10,13H2,1-5H3,(H2,22,23,25);1H. The van der Waals surface area contributed by atoms with E-state index in [0.29, 0.717) is 0 Å². The molecule has 0 aliphatic rings. The molecule has 1 atom stereocenters. The van der Waals surface area contributed by atoms with Gasteiger partial charge in [-0.25, -0.2) is 0 Å². The van der Waals surface area contributed by atoms with Crippen molar-refractivity contribution in [3.05, 3.63) is 53.5 Å². The predicted octanol–water partition coefficient (Wildman–Crippen LogP) is 2.84. The summed E-state index contributed by atoms with van der Waals surface area (Å²) in [6.07, 6.45) is 7.02. The highest BCUT2D eigenvalue weighted by molar-refractivity contribution is 14.0. The molecule has 3 N–H and O–H groups in total. The van der Waals surface area contributed by atoms with Gasteiger partial charge in [0.15, 0.2) is 5.96 Å². The Kier molecular flexibility index (Phi) is 8.51. The molecule has 0 radical (unpaired) electrons. The second-order valence-electron chi connectivity index (χ2n) is 7.37. The van der Waals surface area contributed by atoms with Crippen LogP contribution < -0.4 is 10.6 Å². The van der Waals surface area contributed by atoms with Gasteiger partial charge in [-0.1, -0.05) is 18.2 Å². The van der Waals surface area contributed by atoms with E-state index in [1.54, 1.807) is 7.05 Å². The van der Waals surface area contributed by atoms with E-state index in [4.69, 9.17) is 0 Å². The van der Waals surface area contributed by atoms with Crippen molar-refractivity contribution in [3.63, 3.8) is 0 Å². The SMILES string of the molecule is CN=C(NCCc1c[nH]c2c(C)cccc12)NCC(c1cnn(C)c1)N(C)C.I. The lowest BCUT2D eigenvalue weighted by Crippen LogP contribution is -2.42. The fourth-order valence-corrected chi connectivity index (χ4v) is 3.51. The Morgan fingerprint density at radius 3 is 2.76 bits per heavy atom. The molecule has 7 nitrogen and oxygen atoms in total. The molecule has 2 heterocycles. The molecule has 0 fully saturated rings. The van der Waals surface area contributed by atoms with Gasteiger partial charge in [0.1, 0.15) is 0 Å². The molecule has 0 amide bonds. The largest absolute Gasteiger partial charge is 0.361 e. The molecule has 8 heteroatoms. The van der Waals surface area contributed by atoms with E-state index < -0.39 is 0 Å². The van der Waals surface area contributed by atoms with Gasteiger partial charge in [-0.05, 0) is 38.6 Å². The summed E-state index contributed by atoms with van der Waals surface area (Å²) in [5.74, 6) is 0.812. The van der Waals surface area contributed by atoms with Crippen LogP contribution in [-0.4, -0.2) is 59.9 Å². The maximum absolute atomic E-state index is 4.36. The third-order valence-corrected chi connectivity index (χ3v) is 5.12. The number of fused-ring (bicyclic) bond motifs is 1. The van der Waals surface area contributed by atoms with Crippen molar-refractivity contribution in [2.24, 2.45) is 12.0 Å². The van der Waals surface area contributed by atoms with Crippen molar-refractivity contribution in [2.75, 3.05) is 34.2 Å². The summed E-state index contributed by atoms with van der Waals surface area (Å²) < 4.78 is 1.84. The number of nitrogens with zero attached hydrogens (tertiary/aromatic N) is 4. The van der Waals surface area contributed by atoms with Crippen LogP contribution in [0.5, 0.6) is 0 Å². The molecule has 3 aromatic rings. The first kappa shape index (κ1) is 23.2. The van der Waals surface area contributed by atoms with Crippen LogP contribution in [0.25, 0.3) is 10.9 Å². The zero-order valence-electron chi connectivity index (χ0n) is 17.9. The van der Waals surface area contributed by atoms with Crippen LogP contribution in [0, 0.1) is 6.92 Å². The molecule has 29 heavy (non-hydrogen) atoms. The normalized spacial score (nSPS) is 12.8. The summed E-state index contributed by atoms with van der Waals surface area (Å²) in [6.45, 7) is 3.71. The van der Waals surface area contributed by atoms with Crippen molar-refractivity contribution >= 4 is 40.8 Å². The molecular formula is C21H32IN7. The number of halogens is 1. The highest BCUT2D eigenvalue weighted by atomic mass is 127. The maximum Gasteiger partial charge on any atom is 0.191 e. The minimum absolute atomic E-state index is 0. The van der Waals surface area contributed by atoms with Crippen molar-refractivity contribution < 1.29 is 0 Å². The Balaban J connectivity index is 0.00000300. The number of likely N-dealkylation sites (N-methyl/N-ethyl adjacent to an activating group) is 1. The van der Waals surface area contributed by atoms with Crippen molar-refractivity contribution in [1.29, 1.82) is 0 Å². The van der Waals surface area contributed by atoms with Gasteiger partial charge < -0.3 is 20.5 Å². The zero-order chi connectivity index (χ0) is 20.1. The number of para-hydroxylation sites is 1. The van der Waals surface area contributed by atoms with Crippen molar-refractivity contribution in [2.45, 2.75) is 19.4 Å². The fraction of sp³-hybridized carbons (Fsp3) is 0.429. The number of H-pyrrole nitrogens is 1. The van der Waals surface area contributed by atoms with Gasteiger partial charge >= 0.3 is 0 Å². The Bertz CT molecular complexity index is 942. The van der Waals surface area contributed by atoms with Crippen molar-refractivity contribution in [3.8, 4) is 0 Å². The first-order valence-electron chi connectivity index (χ1n) is 9.64. The average molecular weight is 509 g/mol. The van der Waals surface area contributed by atoms with Gasteiger partial charge in [0.25, 0.3) is 0 Å². The van der Waals surface area contributed by atoms with Crippen LogP contribution in [-0.2, 0) is 13.5 Å². The van der Waals surface area contributed by atoms with Gasteiger partial charge in [0.05, 0.1) is 12.2 Å². The molecule has 0 aliphatic carbocycles. The lowest BCUT2D eigenvalue weighted by atomic mass is 10.1. The molecule has 3 rings (SSSR count). The highest BCUT2D eigenvalue weighted by Crippen LogP contribution is 2.21. The first-order valence-corrected chi connectivity index (χ1v) is 9.64. The lowest BCUT2D eigenvalue weighted by Gasteiger charge is -2.24. The van der Waals surface area contributed by atoms with E-state index in [-0.39, 0.29) is 30.0 Å². The summed E-state index contributed by atoms with van der Waals surface area (Å²) in [6, 6.07) is 6.65. The monoisotopic (exact) mass is 509 g/mol. The summed E-state index contributed by atoms with van der Waals surface area (Å²) in [5.41, 5.74) is 5.01. The third kappa shape index (κ3) is 5.72. The number of rotatable bonds is 7. The molecule has 1 aromatic carbocycles. The Labute approximate surface area is 190 Å². The Hall–Kier alpha value is -2.07. The maximum atomic E-state index is 4.36. The molecule has 0 aliphatic heterocycles. The van der Waals surface area contributed by atoms with E-state index in [0.717, 1.165) is 25.5 Å². The lowest BCUT2D eigenvalue weighted by molar-refractivity contribution is 0.298. The minimum atomic E-state index is 0. The van der Waals surface area contributed by atoms with Gasteiger partial charge in [0, 0.05) is 56.0 Å². The Morgan fingerprint density at radius 2 is 2.10 bits per heavy atom. The summed E-state index contributed by atoms with van der Waals surface area (Å²) in [7, 11) is 7.90. The Morgan fingerprint density at radius 1 is 1.31 bits per heavy atom. The van der Waals surface area contributed by atoms with Crippen LogP contribution in [0.3, 0.4) is 0 Å². The zero-order valence-corrected chi connectivity index (χ0v) is 20.2. The van der Waals surface area contributed by atoms with Gasteiger partial charge in [-0.15, -0.1) is 24.0 Å². The molecular weight excluding hydrogens is 477 g/mol. The molecule has 0 saturated carbocycles. The number of hydrogen-bond donors (Lipinski definition) is 3. The highest BCUT2D eigenvalue weighted by Gasteiger charge is 2.16. The minimum Gasteiger partial charge on any atom is -0.361 e. The van der Waals surface area contributed by atoms with Crippen LogP contribution in [0.2, 0.25) is 0 Å². The van der Waals surface area contributed by atoms with Crippen LogP contribution in [0.1, 0.15) is 22.7 Å². The average Bonchev–Trinajstić information content (AvgIpc) is 3.27. The van der Waals surface area contributed by atoms with Gasteiger partial charge in [0.2, 0.25) is 0 Å². The summed E-state index contributed by atoms with van der Waals surface area (Å²) >= 11 is 0. The predicted molar refractivity (Wildman–Crippen MR) is 131 cm³/mol. The third-order valence-electron chi connectivity index (χ3n) is 5.12. The quantitative estimate of drug-likeness (QED) is 0.260. The van der Waals surface area contributed by atoms with E-state index in [1.807, 2.05) is 17.9 Å². The molecule has 1 unspecified atom stereocenters. The number of aromatic amines is 1. The van der Waals surface area contributed by atoms with E-state index in [9.17, 15) is 0 Å². The molecule has 2 aromatic heterocycles. The fourth-order valence-electron chi connectivity index (χ4n) is 3.51. The number of aliphatic imine (C=N–C) groups is 1.